The minimum Gasteiger partial charge on any atom is -0.489 e. The first kappa shape index (κ1) is 21.4. The number of hydrogen-bond donors (Lipinski definition) is 2. The second kappa shape index (κ2) is 11.1. The van der Waals surface area contributed by atoms with E-state index in [0.717, 1.165) is 31.8 Å². The summed E-state index contributed by atoms with van der Waals surface area (Å²) in [5.41, 5.74) is -0.261. The summed E-state index contributed by atoms with van der Waals surface area (Å²) in [5, 5.41) is 6.57. The van der Waals surface area contributed by atoms with Crippen LogP contribution in [0.3, 0.4) is 0 Å². The molecule has 0 aliphatic carbocycles. The van der Waals surface area contributed by atoms with Crippen LogP contribution in [0.25, 0.3) is 0 Å². The first-order valence-electron chi connectivity index (χ1n) is 9.68. The van der Waals surface area contributed by atoms with Crippen molar-refractivity contribution in [3.05, 3.63) is 30.1 Å². The molecule has 1 aromatic carbocycles. The summed E-state index contributed by atoms with van der Waals surface area (Å²) >= 11 is 0. The van der Waals surface area contributed by atoms with Gasteiger partial charge in [-0.2, -0.15) is 0 Å². The molecule has 1 aromatic rings. The van der Waals surface area contributed by atoms with E-state index >= 15 is 0 Å². The number of ether oxygens (including phenoxy) is 3. The highest BCUT2D eigenvalue weighted by atomic mass is 19.1. The molecule has 6 nitrogen and oxygen atoms in total. The molecule has 152 valence electrons. The van der Waals surface area contributed by atoms with Crippen LogP contribution in [0.15, 0.2) is 29.3 Å². The molecule has 1 fully saturated rings. The molecule has 1 unspecified atom stereocenters. The fourth-order valence-corrected chi connectivity index (χ4v) is 2.95. The number of halogens is 1. The van der Waals surface area contributed by atoms with E-state index in [0.29, 0.717) is 32.1 Å². The van der Waals surface area contributed by atoms with Crippen LogP contribution in [0.2, 0.25) is 0 Å². The van der Waals surface area contributed by atoms with Gasteiger partial charge in [0.15, 0.2) is 5.96 Å². The van der Waals surface area contributed by atoms with Gasteiger partial charge in [0.05, 0.1) is 18.7 Å². The molecule has 27 heavy (non-hydrogen) atoms. The summed E-state index contributed by atoms with van der Waals surface area (Å²) < 4.78 is 30.4. The van der Waals surface area contributed by atoms with E-state index in [1.165, 1.54) is 12.1 Å². The van der Waals surface area contributed by atoms with Crippen LogP contribution in [-0.4, -0.2) is 57.6 Å². The number of guanidine groups is 1. The third-order valence-electron chi connectivity index (χ3n) is 4.76. The summed E-state index contributed by atoms with van der Waals surface area (Å²) in [5.74, 6) is 0.958. The van der Waals surface area contributed by atoms with E-state index in [1.807, 2.05) is 13.8 Å². The lowest BCUT2D eigenvalue weighted by molar-refractivity contribution is -0.0828. The number of hydrogen-bond acceptors (Lipinski definition) is 4. The topological polar surface area (TPSA) is 64.1 Å². The summed E-state index contributed by atoms with van der Waals surface area (Å²) in [6, 6.07) is 6.21. The van der Waals surface area contributed by atoms with E-state index in [4.69, 9.17) is 19.2 Å². The minimum atomic E-state index is -0.300. The average Bonchev–Trinajstić information content (AvgIpc) is 2.69. The SMILES string of the molecule is CCNC(=NCC1(OC)CCOCC1)NCC(CC)Oc1cccc(F)c1. The van der Waals surface area contributed by atoms with E-state index in [1.54, 1.807) is 19.2 Å². The van der Waals surface area contributed by atoms with Gasteiger partial charge in [0.1, 0.15) is 17.7 Å². The van der Waals surface area contributed by atoms with Gasteiger partial charge in [0, 0.05) is 45.8 Å². The number of aliphatic imine (C=N–C) groups is 1. The predicted octanol–water partition coefficient (Wildman–Crippen LogP) is 2.73. The Hall–Kier alpha value is -1.86. The molecule has 0 aromatic heterocycles. The fourth-order valence-electron chi connectivity index (χ4n) is 2.95. The fraction of sp³-hybridized carbons (Fsp3) is 0.650. The van der Waals surface area contributed by atoms with Crippen molar-refractivity contribution in [2.24, 2.45) is 4.99 Å². The number of nitrogens with one attached hydrogen (secondary N) is 2. The predicted molar refractivity (Wildman–Crippen MR) is 105 cm³/mol. The van der Waals surface area contributed by atoms with Crippen LogP contribution in [0.1, 0.15) is 33.1 Å². The van der Waals surface area contributed by atoms with Crippen LogP contribution in [0, 0.1) is 5.82 Å². The van der Waals surface area contributed by atoms with Crippen LogP contribution < -0.4 is 15.4 Å². The lowest BCUT2D eigenvalue weighted by Crippen LogP contribution is -2.45. The zero-order chi connectivity index (χ0) is 19.5. The van der Waals surface area contributed by atoms with Crippen LogP contribution in [0.5, 0.6) is 5.75 Å². The molecular formula is C20H32FN3O3. The average molecular weight is 381 g/mol. The number of methoxy groups -OCH3 is 1. The number of benzene rings is 1. The van der Waals surface area contributed by atoms with Crippen molar-refractivity contribution in [1.29, 1.82) is 0 Å². The van der Waals surface area contributed by atoms with Crippen molar-refractivity contribution in [3.63, 3.8) is 0 Å². The molecule has 1 aliphatic rings. The van der Waals surface area contributed by atoms with Crippen molar-refractivity contribution in [2.75, 3.05) is 40.0 Å². The Morgan fingerprint density at radius 3 is 2.70 bits per heavy atom. The van der Waals surface area contributed by atoms with Crippen LogP contribution in [-0.2, 0) is 9.47 Å². The Bertz CT molecular complexity index is 592. The first-order chi connectivity index (χ1) is 13.1. The van der Waals surface area contributed by atoms with Gasteiger partial charge in [-0.3, -0.25) is 4.99 Å². The molecule has 0 amide bonds. The zero-order valence-electron chi connectivity index (χ0n) is 16.6. The first-order valence-corrected chi connectivity index (χ1v) is 9.68. The standard InChI is InChI=1S/C20H32FN3O3/c1-4-17(27-18-8-6-7-16(21)13-18)14-23-19(22-5-2)24-15-20(25-3)9-11-26-12-10-20/h6-8,13,17H,4-5,9-12,14-15H2,1-3H3,(H2,22,23,24). The maximum absolute atomic E-state index is 13.3. The van der Waals surface area contributed by atoms with E-state index < -0.39 is 0 Å². The van der Waals surface area contributed by atoms with Gasteiger partial charge < -0.3 is 24.8 Å². The van der Waals surface area contributed by atoms with Gasteiger partial charge in [0.2, 0.25) is 0 Å². The summed E-state index contributed by atoms with van der Waals surface area (Å²) in [6.45, 7) is 7.37. The quantitative estimate of drug-likeness (QED) is 0.509. The summed E-state index contributed by atoms with van der Waals surface area (Å²) in [4.78, 5) is 4.71. The molecule has 1 atom stereocenters. The highest BCUT2D eigenvalue weighted by Gasteiger charge is 2.32. The molecule has 7 heteroatoms. The Labute approximate surface area is 161 Å². The minimum absolute atomic E-state index is 0.0878. The molecule has 2 N–H and O–H groups in total. The van der Waals surface area contributed by atoms with Gasteiger partial charge >= 0.3 is 0 Å². The Balaban J connectivity index is 1.93. The van der Waals surface area contributed by atoms with Crippen LogP contribution >= 0.6 is 0 Å². The molecule has 2 rings (SSSR count). The van der Waals surface area contributed by atoms with E-state index in [9.17, 15) is 4.39 Å². The molecule has 1 aliphatic heterocycles. The van der Waals surface area contributed by atoms with E-state index in [-0.39, 0.29) is 17.5 Å². The molecular weight excluding hydrogens is 349 g/mol. The Morgan fingerprint density at radius 2 is 2.07 bits per heavy atom. The maximum Gasteiger partial charge on any atom is 0.191 e. The Kier molecular flexibility index (Phi) is 8.81. The van der Waals surface area contributed by atoms with Crippen LogP contribution in [0.4, 0.5) is 4.39 Å². The van der Waals surface area contributed by atoms with Crippen molar-refractivity contribution in [1.82, 2.24) is 10.6 Å². The monoisotopic (exact) mass is 381 g/mol. The normalized spacial score (nSPS) is 18.0. The molecule has 0 bridgehead atoms. The highest BCUT2D eigenvalue weighted by molar-refractivity contribution is 5.79. The van der Waals surface area contributed by atoms with Crippen molar-refractivity contribution in [2.45, 2.75) is 44.8 Å². The van der Waals surface area contributed by atoms with Gasteiger partial charge in [-0.1, -0.05) is 13.0 Å². The number of nitrogens with zero attached hydrogens (tertiary/aromatic N) is 1. The second-order valence-electron chi connectivity index (χ2n) is 6.68. The molecule has 0 radical (unpaired) electrons. The van der Waals surface area contributed by atoms with Gasteiger partial charge in [-0.05, 0) is 25.5 Å². The van der Waals surface area contributed by atoms with Crippen molar-refractivity contribution >= 4 is 5.96 Å². The third-order valence-corrected chi connectivity index (χ3v) is 4.76. The molecule has 0 spiro atoms. The highest BCUT2D eigenvalue weighted by Crippen LogP contribution is 2.24. The van der Waals surface area contributed by atoms with Gasteiger partial charge in [-0.15, -0.1) is 0 Å². The van der Waals surface area contributed by atoms with Gasteiger partial charge in [0.25, 0.3) is 0 Å². The van der Waals surface area contributed by atoms with Crippen molar-refractivity contribution in [3.8, 4) is 5.75 Å². The molecule has 1 heterocycles. The second-order valence-corrected chi connectivity index (χ2v) is 6.68. The lowest BCUT2D eigenvalue weighted by Gasteiger charge is -2.34. The zero-order valence-corrected chi connectivity index (χ0v) is 16.6. The summed E-state index contributed by atoms with van der Waals surface area (Å²) in [7, 11) is 1.74. The molecule has 0 saturated carbocycles. The van der Waals surface area contributed by atoms with E-state index in [2.05, 4.69) is 10.6 Å². The maximum atomic E-state index is 13.3. The van der Waals surface area contributed by atoms with Crippen molar-refractivity contribution < 1.29 is 18.6 Å². The third kappa shape index (κ3) is 6.99. The van der Waals surface area contributed by atoms with Gasteiger partial charge in [-0.25, -0.2) is 4.39 Å². The summed E-state index contributed by atoms with van der Waals surface area (Å²) in [6.07, 6.45) is 2.39. The largest absolute Gasteiger partial charge is 0.489 e. The Morgan fingerprint density at radius 1 is 1.30 bits per heavy atom. The smallest absolute Gasteiger partial charge is 0.191 e. The number of rotatable bonds is 9. The molecule has 1 saturated heterocycles. The lowest BCUT2D eigenvalue weighted by atomic mass is 9.94.